The third-order valence-corrected chi connectivity index (χ3v) is 3.03. The van der Waals surface area contributed by atoms with Crippen LogP contribution in [0.2, 0.25) is 5.02 Å². The lowest BCUT2D eigenvalue weighted by atomic mass is 10.2. The third-order valence-electron chi connectivity index (χ3n) is 2.70. The summed E-state index contributed by atoms with van der Waals surface area (Å²) in [7, 11) is 0. The average Bonchev–Trinajstić information content (AvgIpc) is 3.02. The molecule has 0 saturated carbocycles. The highest BCUT2D eigenvalue weighted by atomic mass is 35.5. The molecule has 0 unspecified atom stereocenters. The molecule has 0 spiro atoms. The first-order chi connectivity index (χ1) is 11.5. The lowest BCUT2D eigenvalue weighted by Gasteiger charge is -2.05. The summed E-state index contributed by atoms with van der Waals surface area (Å²) >= 11 is 5.87. The van der Waals surface area contributed by atoms with Crippen LogP contribution in [-0.2, 0) is 4.79 Å². The van der Waals surface area contributed by atoms with E-state index >= 15 is 0 Å². The molecule has 2 amide bonds. The monoisotopic (exact) mass is 350 g/mol. The first kappa shape index (κ1) is 17.2. The molecule has 0 atom stereocenters. The molecule has 1 aromatic heterocycles. The van der Waals surface area contributed by atoms with Gasteiger partial charge in [-0.1, -0.05) is 23.7 Å². The quantitative estimate of drug-likeness (QED) is 0.466. The Kier molecular flexibility index (Phi) is 5.63. The van der Waals surface area contributed by atoms with E-state index in [2.05, 4.69) is 15.8 Å². The number of hydrogen-bond acceptors (Lipinski definition) is 6. The van der Waals surface area contributed by atoms with Gasteiger partial charge in [0.25, 0.3) is 11.8 Å². The Bertz CT molecular complexity index is 802. The fraction of sp³-hybridized carbons (Fsp3) is 0.0714. The van der Waals surface area contributed by atoms with Gasteiger partial charge in [-0.3, -0.25) is 19.7 Å². The molecule has 2 aromatic rings. The van der Waals surface area contributed by atoms with Gasteiger partial charge in [0.15, 0.2) is 5.76 Å². The number of hydrazone groups is 1. The summed E-state index contributed by atoms with van der Waals surface area (Å²) in [5.74, 6) is -1.43. The van der Waals surface area contributed by atoms with Gasteiger partial charge in [-0.2, -0.15) is 5.10 Å². The van der Waals surface area contributed by atoms with Crippen LogP contribution in [0.4, 0.5) is 5.88 Å². The molecule has 0 aliphatic carbocycles. The van der Waals surface area contributed by atoms with Crippen molar-refractivity contribution in [1.82, 2.24) is 10.7 Å². The van der Waals surface area contributed by atoms with E-state index in [4.69, 9.17) is 16.0 Å². The third kappa shape index (κ3) is 4.65. The van der Waals surface area contributed by atoms with Crippen molar-refractivity contribution in [2.24, 2.45) is 5.10 Å². The Morgan fingerprint density at radius 3 is 2.71 bits per heavy atom. The molecule has 0 aliphatic rings. The molecule has 0 aliphatic heterocycles. The van der Waals surface area contributed by atoms with E-state index in [1.54, 1.807) is 18.2 Å². The van der Waals surface area contributed by atoms with Crippen LogP contribution < -0.4 is 10.7 Å². The molecular formula is C14H11ClN4O5. The number of nitrogens with one attached hydrogen (secondary N) is 2. The predicted molar refractivity (Wildman–Crippen MR) is 84.9 cm³/mol. The number of hydrogen-bond donors (Lipinski definition) is 2. The van der Waals surface area contributed by atoms with Crippen molar-refractivity contribution in [2.45, 2.75) is 0 Å². The number of amides is 2. The minimum absolute atomic E-state index is 0.0992. The summed E-state index contributed by atoms with van der Waals surface area (Å²) in [4.78, 5) is 33.1. The Morgan fingerprint density at radius 2 is 2.04 bits per heavy atom. The number of rotatable bonds is 6. The van der Waals surface area contributed by atoms with E-state index in [1.165, 1.54) is 12.1 Å². The average molecular weight is 351 g/mol. The van der Waals surface area contributed by atoms with Crippen LogP contribution in [0.5, 0.6) is 0 Å². The number of carbonyl (C=O) groups excluding carboxylic acids is 2. The fourth-order valence-corrected chi connectivity index (χ4v) is 1.84. The first-order valence-corrected chi connectivity index (χ1v) is 6.94. The predicted octanol–water partition coefficient (Wildman–Crippen LogP) is 1.72. The highest BCUT2D eigenvalue weighted by molar-refractivity contribution is 6.33. The normalized spacial score (nSPS) is 10.5. The number of furan rings is 1. The molecule has 1 heterocycles. The summed E-state index contributed by atoms with van der Waals surface area (Å²) < 4.78 is 4.81. The maximum absolute atomic E-state index is 11.8. The maximum Gasteiger partial charge on any atom is 0.433 e. The van der Waals surface area contributed by atoms with Crippen molar-refractivity contribution in [3.8, 4) is 0 Å². The molecule has 9 nitrogen and oxygen atoms in total. The van der Waals surface area contributed by atoms with Crippen molar-refractivity contribution in [1.29, 1.82) is 0 Å². The minimum atomic E-state index is -0.694. The Hall–Kier alpha value is -3.20. The van der Waals surface area contributed by atoms with Gasteiger partial charge in [0, 0.05) is 0 Å². The number of halogens is 1. The van der Waals surface area contributed by atoms with Gasteiger partial charge >= 0.3 is 5.88 Å². The Morgan fingerprint density at radius 1 is 1.29 bits per heavy atom. The number of benzene rings is 1. The second-order valence-corrected chi connectivity index (χ2v) is 4.80. The van der Waals surface area contributed by atoms with Gasteiger partial charge in [0.1, 0.15) is 4.92 Å². The number of nitrogens with zero attached hydrogens (tertiary/aromatic N) is 2. The first-order valence-electron chi connectivity index (χ1n) is 6.56. The lowest BCUT2D eigenvalue weighted by molar-refractivity contribution is -0.402. The SMILES string of the molecule is O=C(CNC(=O)c1ccccc1Cl)NN=Cc1ccc([N+](=O)[O-])o1. The van der Waals surface area contributed by atoms with Crippen molar-refractivity contribution < 1.29 is 18.9 Å². The molecule has 124 valence electrons. The highest BCUT2D eigenvalue weighted by Gasteiger charge is 2.11. The van der Waals surface area contributed by atoms with E-state index in [1.807, 2.05) is 0 Å². The van der Waals surface area contributed by atoms with Crippen molar-refractivity contribution in [3.05, 3.63) is 62.9 Å². The Labute approximate surface area is 140 Å². The summed E-state index contributed by atoms with van der Waals surface area (Å²) in [6.45, 7) is -0.320. The van der Waals surface area contributed by atoms with Crippen LogP contribution in [0, 0.1) is 10.1 Å². The highest BCUT2D eigenvalue weighted by Crippen LogP contribution is 2.14. The van der Waals surface area contributed by atoms with Gasteiger partial charge in [0.05, 0.1) is 29.4 Å². The lowest BCUT2D eigenvalue weighted by Crippen LogP contribution is -2.35. The molecule has 24 heavy (non-hydrogen) atoms. The van der Waals surface area contributed by atoms with Crippen molar-refractivity contribution in [3.63, 3.8) is 0 Å². The van der Waals surface area contributed by atoms with Gasteiger partial charge < -0.3 is 9.73 Å². The van der Waals surface area contributed by atoms with Crippen molar-refractivity contribution >= 4 is 35.5 Å². The minimum Gasteiger partial charge on any atom is -0.400 e. The van der Waals surface area contributed by atoms with Crippen LogP contribution in [-0.4, -0.2) is 29.5 Å². The van der Waals surface area contributed by atoms with E-state index in [9.17, 15) is 19.7 Å². The van der Waals surface area contributed by atoms with Gasteiger partial charge in [-0.25, -0.2) is 5.43 Å². The molecule has 10 heteroatoms. The zero-order chi connectivity index (χ0) is 17.5. The Balaban J connectivity index is 1.81. The van der Waals surface area contributed by atoms with E-state index in [-0.39, 0.29) is 22.9 Å². The topological polar surface area (TPSA) is 127 Å². The molecule has 0 radical (unpaired) electrons. The van der Waals surface area contributed by atoms with Gasteiger partial charge in [0.2, 0.25) is 0 Å². The van der Waals surface area contributed by atoms with Crippen LogP contribution in [0.25, 0.3) is 0 Å². The second-order valence-electron chi connectivity index (χ2n) is 4.39. The van der Waals surface area contributed by atoms with E-state index in [0.29, 0.717) is 0 Å². The maximum atomic E-state index is 11.8. The van der Waals surface area contributed by atoms with Gasteiger partial charge in [-0.15, -0.1) is 0 Å². The zero-order valence-electron chi connectivity index (χ0n) is 12.1. The molecule has 1 aromatic carbocycles. The smallest absolute Gasteiger partial charge is 0.400 e. The van der Waals surface area contributed by atoms with Crippen LogP contribution in [0.1, 0.15) is 16.1 Å². The summed E-state index contributed by atoms with van der Waals surface area (Å²) in [6, 6.07) is 8.90. The summed E-state index contributed by atoms with van der Waals surface area (Å²) in [6.07, 6.45) is 1.10. The van der Waals surface area contributed by atoms with Crippen molar-refractivity contribution in [2.75, 3.05) is 6.54 Å². The van der Waals surface area contributed by atoms with E-state index < -0.39 is 22.6 Å². The van der Waals surface area contributed by atoms with Crippen LogP contribution in [0.3, 0.4) is 0 Å². The molecule has 2 N–H and O–H groups in total. The molecule has 0 fully saturated rings. The number of nitro groups is 1. The van der Waals surface area contributed by atoms with Crippen LogP contribution >= 0.6 is 11.6 Å². The fourth-order valence-electron chi connectivity index (χ4n) is 1.62. The molecule has 0 bridgehead atoms. The molecule has 2 rings (SSSR count). The molecule has 0 saturated heterocycles. The van der Waals surface area contributed by atoms with Crippen LogP contribution in [0.15, 0.2) is 45.9 Å². The number of carbonyl (C=O) groups is 2. The standard InChI is InChI=1S/C14H11ClN4O5/c15-11-4-2-1-3-10(11)14(21)16-8-12(20)18-17-7-9-5-6-13(24-9)19(22)23/h1-7H,8H2,(H,16,21)(H,18,20). The second kappa shape index (κ2) is 7.88. The molecular weight excluding hydrogens is 340 g/mol. The van der Waals surface area contributed by atoms with E-state index in [0.717, 1.165) is 12.3 Å². The summed E-state index contributed by atoms with van der Waals surface area (Å²) in [5, 5.41) is 16.7. The van der Waals surface area contributed by atoms with Gasteiger partial charge in [-0.05, 0) is 18.2 Å². The summed E-state index contributed by atoms with van der Waals surface area (Å²) in [5.41, 5.74) is 2.39. The largest absolute Gasteiger partial charge is 0.433 e. The zero-order valence-corrected chi connectivity index (χ0v) is 12.8.